The molecule has 1 saturated heterocycles. The first-order valence-electron chi connectivity index (χ1n) is 13.7. The van der Waals surface area contributed by atoms with Gasteiger partial charge in [0.1, 0.15) is 12.4 Å². The highest BCUT2D eigenvalue weighted by Crippen LogP contribution is 2.66. The van der Waals surface area contributed by atoms with Crippen molar-refractivity contribution in [1.82, 2.24) is 34.9 Å². The molecule has 3 aromatic rings. The van der Waals surface area contributed by atoms with E-state index in [-0.39, 0.29) is 47.9 Å². The van der Waals surface area contributed by atoms with E-state index >= 15 is 0 Å². The average molecular weight is 616 g/mol. The van der Waals surface area contributed by atoms with Gasteiger partial charge >= 0.3 is 12.1 Å². The minimum absolute atomic E-state index is 0.0525. The predicted octanol–water partition coefficient (Wildman–Crippen LogP) is 4.36. The number of piperidine rings is 1. The van der Waals surface area contributed by atoms with E-state index in [1.54, 1.807) is 27.9 Å². The molecule has 0 radical (unpaired) electrons. The van der Waals surface area contributed by atoms with Gasteiger partial charge in [-0.3, -0.25) is 4.68 Å². The van der Waals surface area contributed by atoms with E-state index in [9.17, 15) is 14.7 Å². The molecule has 0 bridgehead atoms. The highest BCUT2D eigenvalue weighted by atomic mass is 35.5. The van der Waals surface area contributed by atoms with Crippen LogP contribution < -0.4 is 15.8 Å². The fourth-order valence-corrected chi connectivity index (χ4v) is 7.24. The fourth-order valence-electron chi connectivity index (χ4n) is 6.68. The minimum Gasteiger partial charge on any atom is -0.491 e. The molecule has 12 nitrogen and oxygen atoms in total. The zero-order valence-electron chi connectivity index (χ0n) is 23.5. The maximum atomic E-state index is 13.6. The first kappa shape index (κ1) is 28.4. The number of benzene rings is 1. The number of nitrogens with one attached hydrogen (secondary N) is 1. The Hall–Kier alpha value is -3.77. The third-order valence-electron chi connectivity index (χ3n) is 8.80. The molecule has 1 saturated carbocycles. The summed E-state index contributed by atoms with van der Waals surface area (Å²) < 4.78 is 7.85. The van der Waals surface area contributed by atoms with Gasteiger partial charge in [0.05, 0.1) is 41.6 Å². The van der Waals surface area contributed by atoms with Crippen molar-refractivity contribution in [2.45, 2.75) is 46.4 Å². The first-order chi connectivity index (χ1) is 19.9. The van der Waals surface area contributed by atoms with Crippen LogP contribution in [0.3, 0.4) is 0 Å². The van der Waals surface area contributed by atoms with E-state index < -0.39 is 6.09 Å². The number of halogens is 2. The highest BCUT2D eigenvalue weighted by molar-refractivity contribution is 6.37. The van der Waals surface area contributed by atoms with Crippen LogP contribution in [0.1, 0.15) is 32.0 Å². The Morgan fingerprint density at radius 2 is 2.00 bits per heavy atom. The SMILES string of the molecule is CC(C)(C)[C@@]12CN(C(=O)O)C[C@H]1C2NC(=O)N1Cc2nc(N)nc(-c3c(Cl)cc(Cl)cc3OCCn3cccn3)c2C1. The van der Waals surface area contributed by atoms with E-state index in [2.05, 4.69) is 41.2 Å². The van der Waals surface area contributed by atoms with Crippen molar-refractivity contribution in [2.24, 2.45) is 16.7 Å². The molecule has 4 N–H and O–H groups in total. The molecular formula is C28H32Cl2N8O4. The molecule has 3 aliphatic rings. The lowest BCUT2D eigenvalue weighted by atomic mass is 9.76. The zero-order valence-corrected chi connectivity index (χ0v) is 25.0. The molecule has 4 heterocycles. The molecule has 2 aliphatic heterocycles. The number of carbonyl (C=O) groups excluding carboxylic acids is 1. The summed E-state index contributed by atoms with van der Waals surface area (Å²) in [5.41, 5.74) is 7.96. The van der Waals surface area contributed by atoms with Crippen LogP contribution in [-0.4, -0.2) is 72.5 Å². The summed E-state index contributed by atoms with van der Waals surface area (Å²) in [5.74, 6) is 0.545. The number of carboxylic acid groups (broad SMARTS) is 1. The Morgan fingerprint density at radius 1 is 1.21 bits per heavy atom. The number of hydrogen-bond donors (Lipinski definition) is 3. The molecule has 0 spiro atoms. The molecule has 1 aromatic carbocycles. The summed E-state index contributed by atoms with van der Waals surface area (Å²) in [6.45, 7) is 8.38. The number of nitrogens with zero attached hydrogens (tertiary/aromatic N) is 6. The number of carbonyl (C=O) groups is 2. The Morgan fingerprint density at radius 3 is 2.67 bits per heavy atom. The second-order valence-electron chi connectivity index (χ2n) is 12.1. The van der Waals surface area contributed by atoms with Crippen molar-refractivity contribution in [1.29, 1.82) is 0 Å². The van der Waals surface area contributed by atoms with Crippen LogP contribution in [0.25, 0.3) is 11.3 Å². The van der Waals surface area contributed by atoms with Crippen LogP contribution >= 0.6 is 23.2 Å². The number of likely N-dealkylation sites (tertiary alicyclic amines) is 1. The van der Waals surface area contributed by atoms with Gasteiger partial charge < -0.3 is 30.7 Å². The van der Waals surface area contributed by atoms with Crippen LogP contribution in [0.15, 0.2) is 30.6 Å². The van der Waals surface area contributed by atoms with Gasteiger partial charge in [-0.25, -0.2) is 19.6 Å². The van der Waals surface area contributed by atoms with E-state index in [0.29, 0.717) is 59.0 Å². The number of ether oxygens (including phenoxy) is 1. The molecule has 222 valence electrons. The van der Waals surface area contributed by atoms with Crippen LogP contribution in [0.2, 0.25) is 10.0 Å². The molecule has 2 aromatic heterocycles. The van der Waals surface area contributed by atoms with E-state index in [1.807, 2.05) is 12.3 Å². The number of fused-ring (bicyclic) bond motifs is 2. The third kappa shape index (κ3) is 4.76. The normalized spacial score (nSPS) is 22.6. The van der Waals surface area contributed by atoms with Gasteiger partial charge in [0, 0.05) is 53.4 Å². The van der Waals surface area contributed by atoms with Crippen molar-refractivity contribution in [3.8, 4) is 17.0 Å². The smallest absolute Gasteiger partial charge is 0.407 e. The van der Waals surface area contributed by atoms with Crippen LogP contribution in [0.4, 0.5) is 15.5 Å². The average Bonchev–Trinajstić information content (AvgIpc) is 3.42. The maximum Gasteiger partial charge on any atom is 0.407 e. The number of nitrogen functional groups attached to an aromatic ring is 1. The third-order valence-corrected chi connectivity index (χ3v) is 9.32. The van der Waals surface area contributed by atoms with Crippen molar-refractivity contribution in [3.63, 3.8) is 0 Å². The van der Waals surface area contributed by atoms with Crippen LogP contribution in [0.5, 0.6) is 5.75 Å². The second-order valence-corrected chi connectivity index (χ2v) is 12.9. The summed E-state index contributed by atoms with van der Waals surface area (Å²) >= 11 is 13.0. The topological polar surface area (TPSA) is 152 Å². The second kappa shape index (κ2) is 10.2. The summed E-state index contributed by atoms with van der Waals surface area (Å²) in [4.78, 5) is 37.3. The van der Waals surface area contributed by atoms with Gasteiger partial charge in [-0.05, 0) is 23.6 Å². The molecule has 14 heteroatoms. The number of hydrogen-bond acceptors (Lipinski definition) is 7. The van der Waals surface area contributed by atoms with E-state index in [1.165, 1.54) is 4.90 Å². The summed E-state index contributed by atoms with van der Waals surface area (Å²) in [6, 6.07) is 4.75. The van der Waals surface area contributed by atoms with Gasteiger partial charge in [0.25, 0.3) is 0 Å². The van der Waals surface area contributed by atoms with Gasteiger partial charge in [0.15, 0.2) is 0 Å². The molecule has 1 unspecified atom stereocenters. The van der Waals surface area contributed by atoms with Crippen molar-refractivity contribution < 1.29 is 19.4 Å². The lowest BCUT2D eigenvalue weighted by Gasteiger charge is -2.33. The van der Waals surface area contributed by atoms with Crippen molar-refractivity contribution >= 4 is 41.3 Å². The largest absolute Gasteiger partial charge is 0.491 e. The Bertz CT molecular complexity index is 1560. The van der Waals surface area contributed by atoms with Gasteiger partial charge in [0.2, 0.25) is 5.95 Å². The number of urea groups is 1. The van der Waals surface area contributed by atoms with Crippen molar-refractivity contribution in [3.05, 3.63) is 51.9 Å². The number of aromatic nitrogens is 4. The van der Waals surface area contributed by atoms with Crippen LogP contribution in [0, 0.1) is 16.7 Å². The summed E-state index contributed by atoms with van der Waals surface area (Å²) in [7, 11) is 0. The summed E-state index contributed by atoms with van der Waals surface area (Å²) in [6.07, 6.45) is 2.60. The predicted molar refractivity (Wildman–Crippen MR) is 156 cm³/mol. The Balaban J connectivity index is 1.23. The Labute approximate surface area is 252 Å². The lowest BCUT2D eigenvalue weighted by Crippen LogP contribution is -2.46. The molecule has 42 heavy (non-hydrogen) atoms. The quantitative estimate of drug-likeness (QED) is 0.370. The highest BCUT2D eigenvalue weighted by Gasteiger charge is 2.74. The Kier molecular flexibility index (Phi) is 6.88. The minimum atomic E-state index is -0.930. The fraction of sp³-hybridized carbons (Fsp3) is 0.464. The molecule has 3 atom stereocenters. The van der Waals surface area contributed by atoms with E-state index in [0.717, 1.165) is 5.56 Å². The number of rotatable bonds is 6. The molecule has 6 rings (SSSR count). The number of nitrogens with two attached hydrogens (primary N) is 1. The molecule has 2 fully saturated rings. The summed E-state index contributed by atoms with van der Waals surface area (Å²) in [5, 5.41) is 17.7. The van der Waals surface area contributed by atoms with Crippen LogP contribution in [-0.2, 0) is 19.6 Å². The standard InChI is InChI=1S/C28H32Cl2N8O4/c1-27(2,3)28-14-37(26(40)41)12-17(28)23(28)35-25(39)36-11-16-19(13-36)33-24(31)34-22(16)21-18(30)9-15(29)10-20(21)42-8-7-38-6-4-5-32-38/h4-6,9-10,17,23H,7-8,11-14H2,1-3H3,(H,35,39)(H,40,41)(H2,31,33,34)/t17-,23?,28-/m0/s1. The van der Waals surface area contributed by atoms with Gasteiger partial charge in [-0.2, -0.15) is 5.10 Å². The lowest BCUT2D eigenvalue weighted by molar-refractivity contribution is 0.125. The zero-order chi connectivity index (χ0) is 30.0. The monoisotopic (exact) mass is 614 g/mol. The van der Waals surface area contributed by atoms with E-state index in [4.69, 9.17) is 33.7 Å². The first-order valence-corrected chi connectivity index (χ1v) is 14.4. The number of anilines is 1. The molecule has 3 amide bonds. The maximum absolute atomic E-state index is 13.6. The molecular weight excluding hydrogens is 583 g/mol. The van der Waals surface area contributed by atoms with Gasteiger partial charge in [-0.15, -0.1) is 0 Å². The van der Waals surface area contributed by atoms with Gasteiger partial charge in [-0.1, -0.05) is 44.0 Å². The number of amides is 3. The van der Waals surface area contributed by atoms with Crippen molar-refractivity contribution in [2.75, 3.05) is 25.4 Å². The molecule has 1 aliphatic carbocycles.